The summed E-state index contributed by atoms with van der Waals surface area (Å²) in [6.07, 6.45) is 2.01. The third-order valence-electron chi connectivity index (χ3n) is 3.39. The lowest BCUT2D eigenvalue weighted by Crippen LogP contribution is -2.26. The molecule has 16 heavy (non-hydrogen) atoms. The van der Waals surface area contributed by atoms with Crippen LogP contribution in [0.3, 0.4) is 0 Å². The standard InChI is InChI=1S/C14H20OS/c1-10-7-11(2)9-12(8-10)13(15)14(3)5-4-6-16-14/h7-9,13,15H,4-6H2,1-3H3. The van der Waals surface area contributed by atoms with Crippen molar-refractivity contribution in [2.24, 2.45) is 0 Å². The van der Waals surface area contributed by atoms with E-state index in [0.717, 1.165) is 12.0 Å². The third kappa shape index (κ3) is 2.28. The van der Waals surface area contributed by atoms with E-state index in [2.05, 4.69) is 39.0 Å². The molecule has 1 saturated heterocycles. The van der Waals surface area contributed by atoms with Crippen molar-refractivity contribution in [1.82, 2.24) is 0 Å². The molecule has 1 heterocycles. The van der Waals surface area contributed by atoms with Gasteiger partial charge in [0.25, 0.3) is 0 Å². The Morgan fingerprint density at radius 1 is 1.25 bits per heavy atom. The molecule has 0 amide bonds. The zero-order valence-electron chi connectivity index (χ0n) is 10.3. The first-order valence-corrected chi connectivity index (χ1v) is 6.90. The minimum Gasteiger partial charge on any atom is -0.387 e. The van der Waals surface area contributed by atoms with Gasteiger partial charge in [0.15, 0.2) is 0 Å². The maximum atomic E-state index is 10.5. The summed E-state index contributed by atoms with van der Waals surface area (Å²) in [5, 5.41) is 10.5. The summed E-state index contributed by atoms with van der Waals surface area (Å²) in [6.45, 7) is 6.37. The number of aliphatic hydroxyl groups is 1. The maximum absolute atomic E-state index is 10.5. The van der Waals surface area contributed by atoms with Crippen LogP contribution in [0.4, 0.5) is 0 Å². The SMILES string of the molecule is Cc1cc(C)cc(C(O)C2(C)CCCS2)c1. The van der Waals surface area contributed by atoms with Crippen molar-refractivity contribution in [3.63, 3.8) is 0 Å². The van der Waals surface area contributed by atoms with Crippen LogP contribution in [0.15, 0.2) is 18.2 Å². The number of hydrogen-bond acceptors (Lipinski definition) is 2. The summed E-state index contributed by atoms with van der Waals surface area (Å²) in [5.74, 6) is 1.18. The highest BCUT2D eigenvalue weighted by Crippen LogP contribution is 2.46. The largest absolute Gasteiger partial charge is 0.387 e. The van der Waals surface area contributed by atoms with Gasteiger partial charge in [0.1, 0.15) is 0 Å². The summed E-state index contributed by atoms with van der Waals surface area (Å²) in [5.41, 5.74) is 3.55. The van der Waals surface area contributed by atoms with Gasteiger partial charge in [-0.25, -0.2) is 0 Å². The first kappa shape index (κ1) is 12.0. The smallest absolute Gasteiger partial charge is 0.0934 e. The fraction of sp³-hybridized carbons (Fsp3) is 0.571. The van der Waals surface area contributed by atoms with Crippen LogP contribution in [-0.4, -0.2) is 15.6 Å². The Bertz CT molecular complexity index is 360. The van der Waals surface area contributed by atoms with Gasteiger partial charge >= 0.3 is 0 Å². The molecule has 0 aliphatic carbocycles. The summed E-state index contributed by atoms with van der Waals surface area (Å²) in [6, 6.07) is 6.38. The second-order valence-corrected chi connectivity index (χ2v) is 6.72. The molecule has 2 unspecified atom stereocenters. The highest BCUT2D eigenvalue weighted by atomic mass is 32.2. The predicted molar refractivity (Wildman–Crippen MR) is 71.0 cm³/mol. The van der Waals surface area contributed by atoms with Gasteiger partial charge < -0.3 is 5.11 Å². The first-order chi connectivity index (χ1) is 7.51. The van der Waals surface area contributed by atoms with E-state index in [4.69, 9.17) is 0 Å². The summed E-state index contributed by atoms with van der Waals surface area (Å²) in [4.78, 5) is 0. The van der Waals surface area contributed by atoms with Gasteiger partial charge in [-0.15, -0.1) is 0 Å². The van der Waals surface area contributed by atoms with Crippen LogP contribution in [0.2, 0.25) is 0 Å². The third-order valence-corrected chi connectivity index (χ3v) is 4.97. The van der Waals surface area contributed by atoms with Gasteiger partial charge in [-0.1, -0.05) is 29.3 Å². The highest BCUT2D eigenvalue weighted by molar-refractivity contribution is 8.00. The molecule has 1 nitrogen and oxygen atoms in total. The molecule has 0 saturated carbocycles. The van der Waals surface area contributed by atoms with Gasteiger partial charge in [0, 0.05) is 4.75 Å². The van der Waals surface area contributed by atoms with Crippen molar-refractivity contribution in [1.29, 1.82) is 0 Å². The lowest BCUT2D eigenvalue weighted by molar-refractivity contribution is 0.135. The van der Waals surface area contributed by atoms with E-state index in [1.807, 2.05) is 11.8 Å². The Balaban J connectivity index is 2.29. The maximum Gasteiger partial charge on any atom is 0.0934 e. The van der Waals surface area contributed by atoms with Gasteiger partial charge in [0.2, 0.25) is 0 Å². The lowest BCUT2D eigenvalue weighted by atomic mass is 9.91. The fourth-order valence-corrected chi connectivity index (χ4v) is 3.87. The Hall–Kier alpha value is -0.470. The number of aliphatic hydroxyl groups excluding tert-OH is 1. The molecule has 88 valence electrons. The highest BCUT2D eigenvalue weighted by Gasteiger charge is 2.37. The number of rotatable bonds is 2. The molecule has 2 rings (SSSR count). The Morgan fingerprint density at radius 3 is 2.38 bits per heavy atom. The summed E-state index contributed by atoms with van der Waals surface area (Å²) < 4.78 is 0.0141. The molecule has 1 aliphatic heterocycles. The average molecular weight is 236 g/mol. The molecule has 1 fully saturated rings. The van der Waals surface area contributed by atoms with E-state index in [1.54, 1.807) is 0 Å². The van der Waals surface area contributed by atoms with E-state index in [1.165, 1.54) is 23.3 Å². The number of hydrogen-bond donors (Lipinski definition) is 1. The Kier molecular flexibility index (Phi) is 3.32. The quantitative estimate of drug-likeness (QED) is 0.846. The molecule has 0 radical (unpaired) electrons. The molecule has 2 atom stereocenters. The molecule has 1 aromatic carbocycles. The summed E-state index contributed by atoms with van der Waals surface area (Å²) >= 11 is 1.91. The van der Waals surface area contributed by atoms with E-state index in [-0.39, 0.29) is 10.9 Å². The lowest BCUT2D eigenvalue weighted by Gasteiger charge is -2.29. The van der Waals surface area contributed by atoms with Gasteiger partial charge in [0.05, 0.1) is 6.10 Å². The zero-order valence-corrected chi connectivity index (χ0v) is 11.1. The van der Waals surface area contributed by atoms with Crippen molar-refractivity contribution in [2.45, 2.75) is 44.5 Å². The summed E-state index contributed by atoms with van der Waals surface area (Å²) in [7, 11) is 0. The van der Waals surface area contributed by atoms with Crippen molar-refractivity contribution in [2.75, 3.05) is 5.75 Å². The average Bonchev–Trinajstić information content (AvgIpc) is 2.64. The monoisotopic (exact) mass is 236 g/mol. The molecule has 1 N–H and O–H groups in total. The topological polar surface area (TPSA) is 20.2 Å². The first-order valence-electron chi connectivity index (χ1n) is 5.91. The van der Waals surface area contributed by atoms with Crippen molar-refractivity contribution in [3.05, 3.63) is 34.9 Å². The van der Waals surface area contributed by atoms with E-state index >= 15 is 0 Å². The van der Waals surface area contributed by atoms with Crippen LogP contribution in [0, 0.1) is 13.8 Å². The fourth-order valence-electron chi connectivity index (χ4n) is 2.54. The van der Waals surface area contributed by atoms with Crippen LogP contribution in [0.5, 0.6) is 0 Å². The molecule has 0 aromatic heterocycles. The minimum atomic E-state index is -0.335. The molecule has 1 aliphatic rings. The van der Waals surface area contributed by atoms with Gasteiger partial charge in [-0.2, -0.15) is 11.8 Å². The van der Waals surface area contributed by atoms with Crippen LogP contribution in [0.1, 0.15) is 42.6 Å². The van der Waals surface area contributed by atoms with Crippen molar-refractivity contribution >= 4 is 11.8 Å². The van der Waals surface area contributed by atoms with E-state index in [0.29, 0.717) is 0 Å². The molecule has 2 heteroatoms. The van der Waals surface area contributed by atoms with E-state index in [9.17, 15) is 5.11 Å². The van der Waals surface area contributed by atoms with Crippen molar-refractivity contribution < 1.29 is 5.11 Å². The molecular weight excluding hydrogens is 216 g/mol. The van der Waals surface area contributed by atoms with E-state index < -0.39 is 0 Å². The van der Waals surface area contributed by atoms with Gasteiger partial charge in [-0.05, 0) is 44.9 Å². The molecular formula is C14H20OS. The normalized spacial score (nSPS) is 27.0. The molecule has 0 spiro atoms. The number of thioether (sulfide) groups is 1. The van der Waals surface area contributed by atoms with Crippen LogP contribution < -0.4 is 0 Å². The van der Waals surface area contributed by atoms with Crippen LogP contribution in [-0.2, 0) is 0 Å². The number of benzene rings is 1. The number of aryl methyl sites for hydroxylation is 2. The molecule has 0 bridgehead atoms. The van der Waals surface area contributed by atoms with Crippen LogP contribution in [0.25, 0.3) is 0 Å². The zero-order chi connectivity index (χ0) is 11.8. The van der Waals surface area contributed by atoms with Gasteiger partial charge in [-0.3, -0.25) is 0 Å². The predicted octanol–water partition coefficient (Wildman–Crippen LogP) is 3.62. The molecule has 1 aromatic rings. The van der Waals surface area contributed by atoms with Crippen LogP contribution >= 0.6 is 11.8 Å². The second kappa shape index (κ2) is 4.42. The second-order valence-electron chi connectivity index (χ2n) is 5.09. The Morgan fingerprint density at radius 2 is 1.88 bits per heavy atom. The minimum absolute atomic E-state index is 0.0141. The Labute approximate surface area is 102 Å². The van der Waals surface area contributed by atoms with Crippen molar-refractivity contribution in [3.8, 4) is 0 Å².